The normalized spacial score (nSPS) is 12.0. The lowest BCUT2D eigenvalue weighted by molar-refractivity contribution is -0.121. The van der Waals surface area contributed by atoms with Gasteiger partial charge in [-0.25, -0.2) is 4.39 Å². The van der Waals surface area contributed by atoms with Crippen LogP contribution in [0.1, 0.15) is 35.2 Å². The molecule has 0 saturated heterocycles. The maximum absolute atomic E-state index is 12.8. The van der Waals surface area contributed by atoms with Crippen molar-refractivity contribution in [2.24, 2.45) is 0 Å². The molecule has 1 amide bonds. The van der Waals surface area contributed by atoms with Crippen LogP contribution in [0.3, 0.4) is 0 Å². The van der Waals surface area contributed by atoms with E-state index in [-0.39, 0.29) is 24.2 Å². The third-order valence-electron chi connectivity index (χ3n) is 3.69. The summed E-state index contributed by atoms with van der Waals surface area (Å²) in [5, 5.41) is 2.97. The van der Waals surface area contributed by atoms with Crippen LogP contribution in [0, 0.1) is 19.7 Å². The molecule has 0 saturated carbocycles. The van der Waals surface area contributed by atoms with Crippen molar-refractivity contribution in [3.8, 4) is 0 Å². The number of hydrogen-bond donors (Lipinski definition) is 1. The van der Waals surface area contributed by atoms with Crippen molar-refractivity contribution in [1.82, 2.24) is 5.32 Å². The molecule has 2 rings (SSSR count). The van der Waals surface area contributed by atoms with Gasteiger partial charge >= 0.3 is 0 Å². The van der Waals surface area contributed by atoms with Crippen molar-refractivity contribution in [2.45, 2.75) is 33.2 Å². The Hall–Kier alpha value is -2.16. The van der Waals surface area contributed by atoms with Crippen molar-refractivity contribution >= 4 is 5.91 Å². The lowest BCUT2D eigenvalue weighted by Crippen LogP contribution is -2.28. The van der Waals surface area contributed by atoms with Gasteiger partial charge in [0.05, 0.1) is 12.5 Å². The van der Waals surface area contributed by atoms with E-state index < -0.39 is 0 Å². The first-order chi connectivity index (χ1) is 9.95. The molecule has 0 aliphatic carbocycles. The van der Waals surface area contributed by atoms with Crippen molar-refractivity contribution < 1.29 is 9.18 Å². The molecular formula is C18H20FNO. The molecule has 3 heteroatoms. The number of rotatable bonds is 4. The SMILES string of the molecule is Cc1ccc(C(C)NC(=O)Cc2ccc(F)cc2)cc1C. The fourth-order valence-corrected chi connectivity index (χ4v) is 2.20. The van der Waals surface area contributed by atoms with Crippen LogP contribution < -0.4 is 5.32 Å². The Morgan fingerprint density at radius 1 is 1.10 bits per heavy atom. The summed E-state index contributed by atoms with van der Waals surface area (Å²) in [6, 6.07) is 12.2. The van der Waals surface area contributed by atoms with Crippen LogP contribution >= 0.6 is 0 Å². The highest BCUT2D eigenvalue weighted by Gasteiger charge is 2.10. The quantitative estimate of drug-likeness (QED) is 0.908. The first-order valence-corrected chi connectivity index (χ1v) is 7.06. The summed E-state index contributed by atoms with van der Waals surface area (Å²) in [4.78, 5) is 12.0. The zero-order valence-electron chi connectivity index (χ0n) is 12.6. The Kier molecular flexibility index (Phi) is 4.73. The number of aryl methyl sites for hydroxylation is 2. The fraction of sp³-hybridized carbons (Fsp3) is 0.278. The van der Waals surface area contributed by atoms with Crippen molar-refractivity contribution in [3.63, 3.8) is 0 Å². The van der Waals surface area contributed by atoms with Crippen LogP contribution in [0.15, 0.2) is 42.5 Å². The average Bonchev–Trinajstić information content (AvgIpc) is 2.44. The number of halogens is 1. The minimum Gasteiger partial charge on any atom is -0.349 e. The Balaban J connectivity index is 1.98. The topological polar surface area (TPSA) is 29.1 Å². The molecule has 0 bridgehead atoms. The van der Waals surface area contributed by atoms with E-state index in [1.807, 2.05) is 13.0 Å². The van der Waals surface area contributed by atoms with E-state index in [9.17, 15) is 9.18 Å². The third-order valence-corrected chi connectivity index (χ3v) is 3.69. The van der Waals surface area contributed by atoms with Crippen molar-refractivity contribution in [2.75, 3.05) is 0 Å². The number of hydrogen-bond acceptors (Lipinski definition) is 1. The predicted octanol–water partition coefficient (Wildman–Crippen LogP) is 3.86. The summed E-state index contributed by atoms with van der Waals surface area (Å²) in [6.07, 6.45) is 0.259. The molecule has 2 aromatic rings. The molecule has 2 aromatic carbocycles. The van der Waals surface area contributed by atoms with Gasteiger partial charge in [-0.05, 0) is 55.2 Å². The van der Waals surface area contributed by atoms with E-state index >= 15 is 0 Å². The molecule has 0 aliphatic heterocycles. The van der Waals surface area contributed by atoms with Crippen LogP contribution in [-0.4, -0.2) is 5.91 Å². The number of benzene rings is 2. The van der Waals surface area contributed by atoms with E-state index in [1.54, 1.807) is 12.1 Å². The van der Waals surface area contributed by atoms with E-state index in [0.29, 0.717) is 0 Å². The van der Waals surface area contributed by atoms with Gasteiger partial charge in [-0.15, -0.1) is 0 Å². The lowest BCUT2D eigenvalue weighted by atomic mass is 10.0. The first kappa shape index (κ1) is 15.2. The van der Waals surface area contributed by atoms with Crippen LogP contribution in [0.2, 0.25) is 0 Å². The van der Waals surface area contributed by atoms with Gasteiger partial charge in [-0.3, -0.25) is 4.79 Å². The minimum atomic E-state index is -0.289. The van der Waals surface area contributed by atoms with Crippen LogP contribution in [-0.2, 0) is 11.2 Å². The van der Waals surface area contributed by atoms with Gasteiger partial charge in [0.2, 0.25) is 5.91 Å². The van der Waals surface area contributed by atoms with Crippen molar-refractivity contribution in [1.29, 1.82) is 0 Å². The predicted molar refractivity (Wildman–Crippen MR) is 82.6 cm³/mol. The second-order valence-electron chi connectivity index (χ2n) is 5.44. The maximum Gasteiger partial charge on any atom is 0.224 e. The highest BCUT2D eigenvalue weighted by Crippen LogP contribution is 2.17. The van der Waals surface area contributed by atoms with E-state index in [1.165, 1.54) is 23.3 Å². The zero-order valence-corrected chi connectivity index (χ0v) is 12.6. The Morgan fingerprint density at radius 3 is 2.38 bits per heavy atom. The zero-order chi connectivity index (χ0) is 15.4. The average molecular weight is 285 g/mol. The highest BCUT2D eigenvalue weighted by molar-refractivity contribution is 5.79. The van der Waals surface area contributed by atoms with Gasteiger partial charge in [-0.1, -0.05) is 30.3 Å². The van der Waals surface area contributed by atoms with Crippen molar-refractivity contribution in [3.05, 3.63) is 70.5 Å². The summed E-state index contributed by atoms with van der Waals surface area (Å²) >= 11 is 0. The van der Waals surface area contributed by atoms with Gasteiger partial charge in [0, 0.05) is 0 Å². The molecule has 0 spiro atoms. The van der Waals surface area contributed by atoms with Gasteiger partial charge in [0.25, 0.3) is 0 Å². The molecule has 1 unspecified atom stereocenters. The summed E-state index contributed by atoms with van der Waals surface area (Å²) < 4.78 is 12.8. The van der Waals surface area contributed by atoms with Crippen LogP contribution in [0.5, 0.6) is 0 Å². The minimum absolute atomic E-state index is 0.0442. The molecule has 0 heterocycles. The molecule has 0 fully saturated rings. The van der Waals surface area contributed by atoms with E-state index in [2.05, 4.69) is 31.3 Å². The number of amides is 1. The molecule has 0 aromatic heterocycles. The molecule has 21 heavy (non-hydrogen) atoms. The monoisotopic (exact) mass is 285 g/mol. The highest BCUT2D eigenvalue weighted by atomic mass is 19.1. The molecule has 0 radical (unpaired) electrons. The maximum atomic E-state index is 12.8. The largest absolute Gasteiger partial charge is 0.349 e. The molecule has 1 atom stereocenters. The smallest absolute Gasteiger partial charge is 0.224 e. The lowest BCUT2D eigenvalue weighted by Gasteiger charge is -2.16. The molecule has 110 valence electrons. The standard InChI is InChI=1S/C18H20FNO/c1-12-4-7-16(10-13(12)2)14(3)20-18(21)11-15-5-8-17(19)9-6-15/h4-10,14H,11H2,1-3H3,(H,20,21). The number of nitrogens with one attached hydrogen (secondary N) is 1. The Bertz CT molecular complexity index is 634. The van der Waals surface area contributed by atoms with Gasteiger partial charge in [0.15, 0.2) is 0 Å². The second-order valence-corrected chi connectivity index (χ2v) is 5.44. The molecule has 1 N–H and O–H groups in total. The molecular weight excluding hydrogens is 265 g/mol. The first-order valence-electron chi connectivity index (χ1n) is 7.06. The van der Waals surface area contributed by atoms with Gasteiger partial charge in [-0.2, -0.15) is 0 Å². The molecule has 2 nitrogen and oxygen atoms in total. The summed E-state index contributed by atoms with van der Waals surface area (Å²) in [5.41, 5.74) is 4.35. The van der Waals surface area contributed by atoms with E-state index in [4.69, 9.17) is 0 Å². The Labute approximate surface area is 125 Å². The summed E-state index contributed by atoms with van der Waals surface area (Å²) in [6.45, 7) is 6.09. The third kappa shape index (κ3) is 4.15. The van der Waals surface area contributed by atoms with Gasteiger partial charge in [0.1, 0.15) is 5.82 Å². The number of carbonyl (C=O) groups excluding carboxylic acids is 1. The van der Waals surface area contributed by atoms with E-state index in [0.717, 1.165) is 11.1 Å². The van der Waals surface area contributed by atoms with Crippen LogP contribution in [0.4, 0.5) is 4.39 Å². The number of carbonyl (C=O) groups is 1. The Morgan fingerprint density at radius 2 is 1.76 bits per heavy atom. The van der Waals surface area contributed by atoms with Gasteiger partial charge < -0.3 is 5.32 Å². The molecule has 0 aliphatic rings. The van der Waals surface area contributed by atoms with Crippen LogP contribution in [0.25, 0.3) is 0 Å². The summed E-state index contributed by atoms with van der Waals surface area (Å²) in [5.74, 6) is -0.352. The summed E-state index contributed by atoms with van der Waals surface area (Å²) in [7, 11) is 0. The second kappa shape index (κ2) is 6.53. The fourth-order valence-electron chi connectivity index (χ4n) is 2.20.